The minimum atomic E-state index is -1.14. The monoisotopic (exact) mass is 440 g/mol. The zero-order valence-corrected chi connectivity index (χ0v) is 20.3. The van der Waals surface area contributed by atoms with Gasteiger partial charge in [0.25, 0.3) is 0 Å². The van der Waals surface area contributed by atoms with Gasteiger partial charge in [-0.25, -0.2) is 4.39 Å². The van der Waals surface area contributed by atoms with Crippen LogP contribution in [-0.2, 0) is 17.6 Å². The summed E-state index contributed by atoms with van der Waals surface area (Å²) in [7, 11) is 2.81. The molecule has 2 aromatic carbocycles. The first-order chi connectivity index (χ1) is 14.6. The van der Waals surface area contributed by atoms with Crippen LogP contribution in [0.25, 0.3) is 5.57 Å². The van der Waals surface area contributed by atoms with E-state index in [4.69, 9.17) is 5.11 Å². The number of hydrogen-bond donors (Lipinski definition) is 1. The Morgan fingerprint density at radius 3 is 2.32 bits per heavy atom. The number of carbonyl (C=O) groups is 1. The van der Waals surface area contributed by atoms with E-state index in [2.05, 4.69) is 60.3 Å². The summed E-state index contributed by atoms with van der Waals surface area (Å²) in [5.41, 5.74) is 8.65. The molecular formula is C27H34FO2P. The van der Waals surface area contributed by atoms with Gasteiger partial charge < -0.3 is 5.11 Å². The van der Waals surface area contributed by atoms with E-state index in [1.165, 1.54) is 44.3 Å². The van der Waals surface area contributed by atoms with Gasteiger partial charge in [0.1, 0.15) is 5.67 Å². The lowest BCUT2D eigenvalue weighted by Crippen LogP contribution is -2.24. The predicted molar refractivity (Wildman–Crippen MR) is 131 cm³/mol. The van der Waals surface area contributed by atoms with Gasteiger partial charge in [-0.15, -0.1) is 9.24 Å². The number of aryl methyl sites for hydroxylation is 3. The summed E-state index contributed by atoms with van der Waals surface area (Å²) < 4.78 is 14.9. The van der Waals surface area contributed by atoms with Crippen LogP contribution in [0.1, 0.15) is 72.4 Å². The van der Waals surface area contributed by atoms with Gasteiger partial charge in [0.15, 0.2) is 0 Å². The van der Waals surface area contributed by atoms with Crippen LogP contribution >= 0.6 is 9.24 Å². The smallest absolute Gasteiger partial charge is 0.303 e. The maximum Gasteiger partial charge on any atom is 0.303 e. The maximum absolute atomic E-state index is 14.9. The lowest BCUT2D eigenvalue weighted by Gasteiger charge is -2.31. The third kappa shape index (κ3) is 5.83. The maximum atomic E-state index is 14.9. The Balaban J connectivity index is 1.86. The van der Waals surface area contributed by atoms with Crippen LogP contribution in [0.2, 0.25) is 0 Å². The molecule has 1 aliphatic rings. The second kappa shape index (κ2) is 9.65. The Morgan fingerprint density at radius 2 is 1.71 bits per heavy atom. The number of carboxylic acids is 1. The SMILES string of the molecule is Cc1ccc(C2=C(CCc3ccc(CCC(=O)O)c(C)c3C)CC(C)(F)CC2)cc1P. The van der Waals surface area contributed by atoms with E-state index >= 15 is 0 Å². The molecule has 2 atom stereocenters. The van der Waals surface area contributed by atoms with Crippen molar-refractivity contribution in [1.82, 2.24) is 0 Å². The van der Waals surface area contributed by atoms with Crippen LogP contribution in [0.3, 0.4) is 0 Å². The Labute approximate surface area is 188 Å². The summed E-state index contributed by atoms with van der Waals surface area (Å²) in [6.07, 6.45) is 4.28. The molecule has 2 nitrogen and oxygen atoms in total. The highest BCUT2D eigenvalue weighted by atomic mass is 31.0. The molecule has 0 spiro atoms. The molecule has 0 bridgehead atoms. The van der Waals surface area contributed by atoms with Crippen LogP contribution in [0.15, 0.2) is 35.9 Å². The number of rotatable bonds is 7. The number of hydrogen-bond acceptors (Lipinski definition) is 1. The van der Waals surface area contributed by atoms with Crippen LogP contribution in [0, 0.1) is 20.8 Å². The van der Waals surface area contributed by atoms with Crippen molar-refractivity contribution < 1.29 is 14.3 Å². The molecule has 0 aromatic heterocycles. The van der Waals surface area contributed by atoms with Crippen LogP contribution in [0.4, 0.5) is 4.39 Å². The number of alkyl halides is 1. The number of allylic oxidation sites excluding steroid dienone is 2. The van der Waals surface area contributed by atoms with Crippen molar-refractivity contribution in [1.29, 1.82) is 0 Å². The summed E-state index contributed by atoms with van der Waals surface area (Å²) >= 11 is 0. The fraction of sp³-hybridized carbons (Fsp3) is 0.444. The Kier molecular flexibility index (Phi) is 7.37. The quantitative estimate of drug-likeness (QED) is 0.504. The second-order valence-electron chi connectivity index (χ2n) is 9.27. The molecule has 0 fully saturated rings. The summed E-state index contributed by atoms with van der Waals surface area (Å²) in [6, 6.07) is 10.7. The second-order valence-corrected chi connectivity index (χ2v) is 9.89. The van der Waals surface area contributed by atoms with Gasteiger partial charge in [0, 0.05) is 12.8 Å². The van der Waals surface area contributed by atoms with Crippen LogP contribution in [0.5, 0.6) is 0 Å². The van der Waals surface area contributed by atoms with Crippen molar-refractivity contribution >= 4 is 26.1 Å². The largest absolute Gasteiger partial charge is 0.481 e. The highest BCUT2D eigenvalue weighted by Crippen LogP contribution is 2.41. The Morgan fingerprint density at radius 1 is 1.06 bits per heavy atom. The Hall–Kier alpha value is -1.99. The van der Waals surface area contributed by atoms with Gasteiger partial charge >= 0.3 is 5.97 Å². The van der Waals surface area contributed by atoms with E-state index in [1.54, 1.807) is 6.92 Å². The van der Waals surface area contributed by atoms with E-state index in [0.29, 0.717) is 19.3 Å². The standard InChI is InChI=1S/C27H34FO2P/c1-17-5-6-22(15-25(17)31)24-13-14-27(4,28)16-23(24)10-9-20-7-8-21(11-12-26(29)30)19(3)18(20)2/h5-8,15H,9-14,16,31H2,1-4H3,(H,29,30). The van der Waals surface area contributed by atoms with Crippen molar-refractivity contribution in [3.8, 4) is 0 Å². The lowest BCUT2D eigenvalue weighted by molar-refractivity contribution is -0.136. The van der Waals surface area contributed by atoms with Crippen molar-refractivity contribution in [2.75, 3.05) is 0 Å². The first kappa shape index (κ1) is 23.7. The molecule has 0 aliphatic heterocycles. The molecule has 0 radical (unpaired) electrons. The fourth-order valence-electron chi connectivity index (χ4n) is 4.62. The highest BCUT2D eigenvalue weighted by Gasteiger charge is 2.31. The van der Waals surface area contributed by atoms with Gasteiger partial charge in [-0.05, 0) is 110 Å². The third-order valence-corrected chi connectivity index (χ3v) is 7.47. The Bertz CT molecular complexity index is 1020. The molecule has 0 heterocycles. The summed E-state index contributed by atoms with van der Waals surface area (Å²) in [5, 5.41) is 10.2. The molecule has 0 amide bonds. The molecular weight excluding hydrogens is 406 g/mol. The molecule has 1 N–H and O–H groups in total. The first-order valence-electron chi connectivity index (χ1n) is 11.1. The average Bonchev–Trinajstić information content (AvgIpc) is 2.70. The molecule has 3 rings (SSSR count). The molecule has 0 saturated heterocycles. The summed E-state index contributed by atoms with van der Waals surface area (Å²) in [6.45, 7) is 8.02. The topological polar surface area (TPSA) is 37.3 Å². The molecule has 2 aromatic rings. The zero-order valence-electron chi connectivity index (χ0n) is 19.1. The van der Waals surface area contributed by atoms with Gasteiger partial charge in [0.2, 0.25) is 0 Å². The van der Waals surface area contributed by atoms with Crippen molar-refractivity contribution in [3.63, 3.8) is 0 Å². The number of benzene rings is 2. The molecule has 2 unspecified atom stereocenters. The normalized spacial score (nSPS) is 19.0. The van der Waals surface area contributed by atoms with Crippen molar-refractivity contribution in [2.45, 2.75) is 78.3 Å². The zero-order chi connectivity index (χ0) is 22.8. The van der Waals surface area contributed by atoms with Gasteiger partial charge in [-0.1, -0.05) is 29.8 Å². The third-order valence-electron chi connectivity index (χ3n) is 6.85. The first-order valence-corrected chi connectivity index (χ1v) is 11.7. The summed E-state index contributed by atoms with van der Waals surface area (Å²) in [4.78, 5) is 10.9. The van der Waals surface area contributed by atoms with Gasteiger partial charge in [0.05, 0.1) is 0 Å². The van der Waals surface area contributed by atoms with E-state index in [-0.39, 0.29) is 6.42 Å². The predicted octanol–water partition coefficient (Wildman–Crippen LogP) is 6.43. The van der Waals surface area contributed by atoms with Gasteiger partial charge in [-0.2, -0.15) is 0 Å². The van der Waals surface area contributed by atoms with Crippen molar-refractivity contribution in [3.05, 3.63) is 69.3 Å². The van der Waals surface area contributed by atoms with E-state index in [1.807, 2.05) is 0 Å². The number of halogens is 1. The molecule has 4 heteroatoms. The molecule has 31 heavy (non-hydrogen) atoms. The summed E-state index contributed by atoms with van der Waals surface area (Å²) in [5.74, 6) is -0.767. The van der Waals surface area contributed by atoms with Crippen molar-refractivity contribution in [2.24, 2.45) is 0 Å². The van der Waals surface area contributed by atoms with E-state index in [9.17, 15) is 9.18 Å². The number of aliphatic carboxylic acids is 1. The van der Waals surface area contributed by atoms with Crippen LogP contribution < -0.4 is 5.30 Å². The minimum absolute atomic E-state index is 0.152. The minimum Gasteiger partial charge on any atom is -0.481 e. The average molecular weight is 441 g/mol. The highest BCUT2D eigenvalue weighted by molar-refractivity contribution is 7.27. The van der Waals surface area contributed by atoms with Gasteiger partial charge in [-0.3, -0.25) is 4.79 Å². The fourth-order valence-corrected chi connectivity index (χ4v) is 4.90. The van der Waals surface area contributed by atoms with E-state index in [0.717, 1.165) is 24.8 Å². The lowest BCUT2D eigenvalue weighted by atomic mass is 9.78. The molecule has 0 saturated carbocycles. The van der Waals surface area contributed by atoms with Crippen LogP contribution in [-0.4, -0.2) is 16.7 Å². The molecule has 166 valence electrons. The van der Waals surface area contributed by atoms with E-state index < -0.39 is 11.6 Å². The number of carboxylic acid groups (broad SMARTS) is 1. The molecule has 1 aliphatic carbocycles.